The fourth-order valence-electron chi connectivity index (χ4n) is 2.81. The van der Waals surface area contributed by atoms with Crippen LogP contribution >= 0.6 is 0 Å². The molecule has 0 aromatic heterocycles. The minimum atomic E-state index is 0. The molecule has 2 aliphatic carbocycles. The summed E-state index contributed by atoms with van der Waals surface area (Å²) in [7, 11) is 0. The van der Waals surface area contributed by atoms with Crippen LogP contribution in [-0.4, -0.2) is 0 Å². The second-order valence-electron chi connectivity index (χ2n) is 6.62. The molecule has 4 nitrogen and oxygen atoms in total. The number of nitrogens with zero attached hydrogens (tertiary/aromatic N) is 4. The molecule has 34 heavy (non-hydrogen) atoms. The van der Waals surface area contributed by atoms with Crippen molar-refractivity contribution in [3.8, 4) is 21.6 Å². The molecule has 0 heterocycles. The van der Waals surface area contributed by atoms with Gasteiger partial charge in [0.25, 0.3) is 0 Å². The van der Waals surface area contributed by atoms with Gasteiger partial charge in [-0.25, -0.2) is 21.0 Å². The Balaban J connectivity index is -0.0000000764. The zero-order valence-corrected chi connectivity index (χ0v) is 27.6. The van der Waals surface area contributed by atoms with E-state index < -0.39 is 0 Å². The summed E-state index contributed by atoms with van der Waals surface area (Å²) in [6.07, 6.45) is 0. The minimum absolute atomic E-state index is 0. The third-order valence-electron chi connectivity index (χ3n) is 5.62. The SMILES string of the molecule is C[C]1[C](C)[C](C)[C](C)[C]1C.C[C]1[C](C)[C](C)[C](C)[C]1C.N#C[S-].N#C[S-].N#C[S-].N#C[S-].[Rh+2].[Rh+2]. The van der Waals surface area contributed by atoms with E-state index in [1.54, 1.807) is 0 Å². The molecule has 0 spiro atoms. The average Bonchev–Trinajstić information content (AvgIpc) is 3.01. The fourth-order valence-corrected chi connectivity index (χ4v) is 2.81. The Morgan fingerprint density at radius 3 is 0.382 bits per heavy atom. The van der Waals surface area contributed by atoms with E-state index in [2.05, 4.69) is 120 Å². The van der Waals surface area contributed by atoms with Crippen molar-refractivity contribution in [2.75, 3.05) is 0 Å². The summed E-state index contributed by atoms with van der Waals surface area (Å²) in [6.45, 7) is 22.0. The van der Waals surface area contributed by atoms with E-state index in [-0.39, 0.29) is 39.0 Å². The van der Waals surface area contributed by atoms with E-state index in [0.29, 0.717) is 0 Å². The van der Waals surface area contributed by atoms with Crippen molar-refractivity contribution in [1.82, 2.24) is 0 Å². The van der Waals surface area contributed by atoms with Crippen LogP contribution in [0, 0.1) is 102 Å². The van der Waals surface area contributed by atoms with E-state index in [0.717, 1.165) is 0 Å². The largest absolute Gasteiger partial charge is 2.00 e. The average molecular weight is 709 g/mol. The third-order valence-corrected chi connectivity index (χ3v) is 5.62. The first-order valence-electron chi connectivity index (χ1n) is 9.21. The quantitative estimate of drug-likeness (QED) is 0.172. The summed E-state index contributed by atoms with van der Waals surface area (Å²) in [4.78, 5) is 0. The van der Waals surface area contributed by atoms with Crippen LogP contribution in [0.5, 0.6) is 0 Å². The Morgan fingerprint density at radius 1 is 0.324 bits per heavy atom. The van der Waals surface area contributed by atoms with E-state index in [9.17, 15) is 0 Å². The molecule has 188 valence electrons. The second-order valence-corrected chi connectivity index (χ2v) is 7.35. The van der Waals surface area contributed by atoms with Crippen molar-refractivity contribution in [2.24, 2.45) is 0 Å². The fraction of sp³-hybridized carbons (Fsp3) is 0.417. The Hall–Kier alpha value is 0.0868. The first-order chi connectivity index (χ1) is 14.8. The molecule has 0 aromatic carbocycles. The Bertz CT molecular complexity index is 461. The van der Waals surface area contributed by atoms with E-state index in [4.69, 9.17) is 21.0 Å². The summed E-state index contributed by atoms with van der Waals surface area (Å²) in [5.41, 5.74) is 0. The van der Waals surface area contributed by atoms with Crippen molar-refractivity contribution in [3.63, 3.8) is 0 Å². The van der Waals surface area contributed by atoms with Gasteiger partial charge >= 0.3 is 39.0 Å². The molecule has 10 heteroatoms. The van der Waals surface area contributed by atoms with Gasteiger partial charge in [-0.15, -0.1) is 0 Å². The van der Waals surface area contributed by atoms with Crippen LogP contribution in [-0.2, 0) is 89.5 Å². The van der Waals surface area contributed by atoms with Gasteiger partial charge in [-0.2, -0.15) is 0 Å². The Morgan fingerprint density at radius 2 is 0.353 bits per heavy atom. The van der Waals surface area contributed by atoms with Gasteiger partial charge < -0.3 is 50.5 Å². The normalized spacial score (nSPS) is 17.6. The Labute approximate surface area is 258 Å². The molecule has 0 aromatic rings. The van der Waals surface area contributed by atoms with E-state index in [1.165, 1.54) is 80.8 Å². The van der Waals surface area contributed by atoms with E-state index >= 15 is 0 Å². The molecule has 2 aliphatic rings. The predicted molar refractivity (Wildman–Crippen MR) is 141 cm³/mol. The van der Waals surface area contributed by atoms with Crippen molar-refractivity contribution in [1.29, 1.82) is 21.0 Å². The van der Waals surface area contributed by atoms with Crippen molar-refractivity contribution in [3.05, 3.63) is 59.2 Å². The van der Waals surface area contributed by atoms with Gasteiger partial charge in [0.2, 0.25) is 0 Å². The molecule has 0 atom stereocenters. The van der Waals surface area contributed by atoms with Crippen molar-refractivity contribution < 1.29 is 39.0 Å². The van der Waals surface area contributed by atoms with Gasteiger partial charge in [-0.3, -0.25) is 0 Å². The van der Waals surface area contributed by atoms with Crippen LogP contribution in [0.25, 0.3) is 0 Å². The summed E-state index contributed by atoms with van der Waals surface area (Å²) >= 11 is 14.8. The zero-order valence-electron chi connectivity index (χ0n) is 21.1. The third kappa shape index (κ3) is 19.3. The molecule has 2 saturated carbocycles. The molecule has 0 N–H and O–H groups in total. The second kappa shape index (κ2) is 29.3. The van der Waals surface area contributed by atoms with Crippen LogP contribution in [0.3, 0.4) is 0 Å². The van der Waals surface area contributed by atoms with Gasteiger partial charge in [-0.1, -0.05) is 90.8 Å². The number of thiocyanates is 4. The molecular weight excluding hydrogens is 678 g/mol. The maximum absolute atomic E-state index is 7.13. The molecule has 0 bridgehead atoms. The van der Waals surface area contributed by atoms with Crippen LogP contribution in [0.4, 0.5) is 0 Å². The topological polar surface area (TPSA) is 95.2 Å². The molecular formula is C24H30N4Rh2S4. The maximum Gasteiger partial charge on any atom is 2.00 e. The first-order valence-corrected chi connectivity index (χ1v) is 10.8. The van der Waals surface area contributed by atoms with Crippen LogP contribution < -0.4 is 0 Å². The van der Waals surface area contributed by atoms with Gasteiger partial charge in [0.05, 0.1) is 0 Å². The van der Waals surface area contributed by atoms with Crippen LogP contribution in [0.15, 0.2) is 0 Å². The monoisotopic (exact) mass is 708 g/mol. The molecule has 0 amide bonds. The van der Waals surface area contributed by atoms with Gasteiger partial charge in [0.15, 0.2) is 0 Å². The summed E-state index contributed by atoms with van der Waals surface area (Å²) in [5.74, 6) is 14.7. The maximum atomic E-state index is 7.13. The summed E-state index contributed by atoms with van der Waals surface area (Å²) < 4.78 is 0. The molecule has 2 rings (SSSR count). The van der Waals surface area contributed by atoms with Crippen LogP contribution in [0.1, 0.15) is 69.2 Å². The molecule has 0 aliphatic heterocycles. The van der Waals surface area contributed by atoms with Gasteiger partial charge in [0, 0.05) is 0 Å². The minimum Gasteiger partial charge on any atom is -0.696 e. The smallest absolute Gasteiger partial charge is 0.696 e. The molecule has 0 unspecified atom stereocenters. The molecule has 2 fully saturated rings. The number of nitriles is 4. The zero-order chi connectivity index (χ0) is 26.6. The standard InChI is InChI=1S/2C10H15.4CHNS.2Rh/c2*1-6-7(2)9(4)10(5)8(6)3;4*2-1-3;;/h2*1-5H3;4*3H;;/q;;;;;;2*+2/p-4. The molecule has 12 radical (unpaired) electrons. The van der Waals surface area contributed by atoms with E-state index in [1.807, 2.05) is 0 Å². The summed E-state index contributed by atoms with van der Waals surface area (Å²) in [6, 6.07) is 0. The predicted octanol–water partition coefficient (Wildman–Crippen LogP) is 6.00. The van der Waals surface area contributed by atoms with Gasteiger partial charge in [0.1, 0.15) is 0 Å². The van der Waals surface area contributed by atoms with Crippen LogP contribution in [0.2, 0.25) is 0 Å². The number of hydrogen-bond donors (Lipinski definition) is 0. The van der Waals surface area contributed by atoms with Gasteiger partial charge in [-0.05, 0) is 59.2 Å². The number of rotatable bonds is 0. The first kappa shape index (κ1) is 47.3. The van der Waals surface area contributed by atoms with Crippen molar-refractivity contribution >= 4 is 50.5 Å². The molecule has 0 saturated heterocycles. The van der Waals surface area contributed by atoms with Crippen molar-refractivity contribution in [2.45, 2.75) is 69.2 Å². The summed E-state index contributed by atoms with van der Waals surface area (Å²) in [5, 5.41) is 33.9. The number of hydrogen-bond acceptors (Lipinski definition) is 8. The Kier molecular flexibility index (Phi) is 40.8.